The number of likely N-dealkylation sites (N-methyl/N-ethyl adjacent to an activating group) is 1. The molecular formula is C12H25N3. The van der Waals surface area contributed by atoms with Crippen molar-refractivity contribution in [1.82, 2.24) is 9.80 Å². The Kier molecular flexibility index (Phi) is 3.06. The van der Waals surface area contributed by atoms with E-state index in [0.29, 0.717) is 6.04 Å². The van der Waals surface area contributed by atoms with Crippen LogP contribution in [0.3, 0.4) is 0 Å². The summed E-state index contributed by atoms with van der Waals surface area (Å²) in [6, 6.07) is 1.31. The predicted octanol–water partition coefficient (Wildman–Crippen LogP) is 0.892. The van der Waals surface area contributed by atoms with Gasteiger partial charge in [-0.15, -0.1) is 0 Å². The zero-order valence-electron chi connectivity index (χ0n) is 10.4. The molecule has 88 valence electrons. The third-order valence-electron chi connectivity index (χ3n) is 4.65. The average Bonchev–Trinajstić information content (AvgIpc) is 2.77. The van der Waals surface area contributed by atoms with Crippen LogP contribution in [-0.2, 0) is 0 Å². The molecule has 0 bridgehead atoms. The minimum Gasteiger partial charge on any atom is -0.329 e. The second kappa shape index (κ2) is 4.04. The first-order chi connectivity index (χ1) is 7.12. The van der Waals surface area contributed by atoms with Gasteiger partial charge in [-0.2, -0.15) is 0 Å². The molecule has 2 heterocycles. The minimum absolute atomic E-state index is 0.255. The predicted molar refractivity (Wildman–Crippen MR) is 63.9 cm³/mol. The van der Waals surface area contributed by atoms with Crippen LogP contribution in [0.5, 0.6) is 0 Å². The van der Waals surface area contributed by atoms with E-state index in [1.165, 1.54) is 32.4 Å². The molecular weight excluding hydrogens is 186 g/mol. The molecule has 2 N–H and O–H groups in total. The van der Waals surface area contributed by atoms with Crippen molar-refractivity contribution in [3.8, 4) is 0 Å². The van der Waals surface area contributed by atoms with Crippen LogP contribution in [0.1, 0.15) is 33.1 Å². The molecule has 0 radical (unpaired) electrons. The molecule has 0 aliphatic carbocycles. The van der Waals surface area contributed by atoms with Crippen LogP contribution in [0.2, 0.25) is 0 Å². The van der Waals surface area contributed by atoms with Crippen LogP contribution >= 0.6 is 0 Å². The monoisotopic (exact) mass is 211 g/mol. The average molecular weight is 211 g/mol. The van der Waals surface area contributed by atoms with Gasteiger partial charge in [-0.1, -0.05) is 0 Å². The van der Waals surface area contributed by atoms with Crippen molar-refractivity contribution in [3.05, 3.63) is 0 Å². The summed E-state index contributed by atoms with van der Waals surface area (Å²) in [5, 5.41) is 0. The summed E-state index contributed by atoms with van der Waals surface area (Å²) in [6.07, 6.45) is 3.95. The maximum atomic E-state index is 6.10. The summed E-state index contributed by atoms with van der Waals surface area (Å²) in [5.74, 6) is 0. The SMILES string of the molecule is CC(C)N(C)C1(CN)CCN2CCCC21. The molecule has 0 spiro atoms. The molecule has 0 aromatic carbocycles. The van der Waals surface area contributed by atoms with Crippen LogP contribution in [0, 0.1) is 0 Å². The van der Waals surface area contributed by atoms with E-state index in [9.17, 15) is 0 Å². The molecule has 2 rings (SSSR count). The number of fused-ring (bicyclic) bond motifs is 1. The maximum absolute atomic E-state index is 6.10. The Bertz CT molecular complexity index is 229. The Balaban J connectivity index is 2.21. The fourth-order valence-electron chi connectivity index (χ4n) is 3.51. The van der Waals surface area contributed by atoms with E-state index < -0.39 is 0 Å². The van der Waals surface area contributed by atoms with E-state index >= 15 is 0 Å². The van der Waals surface area contributed by atoms with Gasteiger partial charge in [0.1, 0.15) is 0 Å². The summed E-state index contributed by atoms with van der Waals surface area (Å²) in [5.41, 5.74) is 6.35. The lowest BCUT2D eigenvalue weighted by Crippen LogP contribution is -2.60. The first-order valence-electron chi connectivity index (χ1n) is 6.29. The van der Waals surface area contributed by atoms with E-state index in [1.54, 1.807) is 0 Å². The lowest BCUT2D eigenvalue weighted by molar-refractivity contribution is 0.0640. The highest BCUT2D eigenvalue weighted by Crippen LogP contribution is 2.39. The number of nitrogens with zero attached hydrogens (tertiary/aromatic N) is 2. The van der Waals surface area contributed by atoms with Crippen LogP contribution in [0.4, 0.5) is 0 Å². The molecule has 2 fully saturated rings. The Morgan fingerprint density at radius 2 is 2.20 bits per heavy atom. The summed E-state index contributed by atoms with van der Waals surface area (Å²) >= 11 is 0. The molecule has 3 heteroatoms. The lowest BCUT2D eigenvalue weighted by atomic mass is 9.86. The third kappa shape index (κ3) is 1.61. The minimum atomic E-state index is 0.255. The van der Waals surface area contributed by atoms with E-state index in [2.05, 4.69) is 30.7 Å². The number of hydrogen-bond donors (Lipinski definition) is 1. The van der Waals surface area contributed by atoms with Gasteiger partial charge in [-0.3, -0.25) is 9.80 Å². The van der Waals surface area contributed by atoms with Crippen molar-refractivity contribution in [2.24, 2.45) is 5.73 Å². The Morgan fingerprint density at radius 3 is 2.80 bits per heavy atom. The second-order valence-corrected chi connectivity index (χ2v) is 5.46. The highest BCUT2D eigenvalue weighted by Gasteiger charge is 2.50. The second-order valence-electron chi connectivity index (χ2n) is 5.46. The van der Waals surface area contributed by atoms with E-state index in [4.69, 9.17) is 5.73 Å². The van der Waals surface area contributed by atoms with E-state index in [1.807, 2.05) is 0 Å². The van der Waals surface area contributed by atoms with Crippen LogP contribution < -0.4 is 5.73 Å². The quantitative estimate of drug-likeness (QED) is 0.752. The van der Waals surface area contributed by atoms with Gasteiger partial charge in [0.25, 0.3) is 0 Å². The van der Waals surface area contributed by atoms with Crippen molar-refractivity contribution >= 4 is 0 Å². The van der Waals surface area contributed by atoms with Crippen molar-refractivity contribution in [2.75, 3.05) is 26.7 Å². The zero-order chi connectivity index (χ0) is 11.1. The Morgan fingerprint density at radius 1 is 1.47 bits per heavy atom. The zero-order valence-corrected chi connectivity index (χ0v) is 10.4. The van der Waals surface area contributed by atoms with Crippen LogP contribution in [0.25, 0.3) is 0 Å². The molecule has 0 aromatic rings. The van der Waals surface area contributed by atoms with Crippen LogP contribution in [0.15, 0.2) is 0 Å². The fraction of sp³-hybridized carbons (Fsp3) is 1.00. The standard InChI is InChI=1S/C12H25N3/c1-10(2)14(3)12(9-13)6-8-15-7-4-5-11(12)15/h10-11H,4-9,13H2,1-3H3. The summed E-state index contributed by atoms with van der Waals surface area (Å²) in [4.78, 5) is 5.16. The summed E-state index contributed by atoms with van der Waals surface area (Å²) < 4.78 is 0. The van der Waals surface area contributed by atoms with E-state index in [-0.39, 0.29) is 5.54 Å². The normalized spacial score (nSPS) is 36.8. The summed E-state index contributed by atoms with van der Waals surface area (Å²) in [6.45, 7) is 7.89. The van der Waals surface area contributed by atoms with Gasteiger partial charge in [0.05, 0.1) is 0 Å². The molecule has 15 heavy (non-hydrogen) atoms. The van der Waals surface area contributed by atoms with Crippen molar-refractivity contribution < 1.29 is 0 Å². The molecule has 2 saturated heterocycles. The Hall–Kier alpha value is -0.120. The van der Waals surface area contributed by atoms with Gasteiger partial charge in [0, 0.05) is 30.7 Å². The topological polar surface area (TPSA) is 32.5 Å². The maximum Gasteiger partial charge on any atom is 0.0498 e. The molecule has 0 aromatic heterocycles. The van der Waals surface area contributed by atoms with Gasteiger partial charge in [0.15, 0.2) is 0 Å². The highest BCUT2D eigenvalue weighted by molar-refractivity contribution is 5.09. The van der Waals surface area contributed by atoms with Gasteiger partial charge >= 0.3 is 0 Å². The van der Waals surface area contributed by atoms with Gasteiger partial charge in [-0.05, 0) is 46.7 Å². The van der Waals surface area contributed by atoms with Crippen LogP contribution in [-0.4, -0.2) is 54.1 Å². The molecule has 2 aliphatic heterocycles. The molecule has 0 saturated carbocycles. The first kappa shape index (κ1) is 11.4. The molecule has 2 aliphatic rings. The van der Waals surface area contributed by atoms with E-state index in [0.717, 1.165) is 12.6 Å². The molecule has 3 nitrogen and oxygen atoms in total. The summed E-state index contributed by atoms with van der Waals surface area (Å²) in [7, 11) is 2.25. The number of nitrogens with two attached hydrogens (primary N) is 1. The van der Waals surface area contributed by atoms with Crippen molar-refractivity contribution in [2.45, 2.75) is 50.7 Å². The third-order valence-corrected chi connectivity index (χ3v) is 4.65. The first-order valence-corrected chi connectivity index (χ1v) is 6.29. The molecule has 2 unspecified atom stereocenters. The number of rotatable bonds is 3. The smallest absolute Gasteiger partial charge is 0.0498 e. The largest absolute Gasteiger partial charge is 0.329 e. The number of hydrogen-bond acceptors (Lipinski definition) is 3. The molecule has 2 atom stereocenters. The lowest BCUT2D eigenvalue weighted by Gasteiger charge is -2.44. The van der Waals surface area contributed by atoms with Crippen molar-refractivity contribution in [3.63, 3.8) is 0 Å². The van der Waals surface area contributed by atoms with Gasteiger partial charge in [-0.25, -0.2) is 0 Å². The van der Waals surface area contributed by atoms with Gasteiger partial charge < -0.3 is 5.73 Å². The van der Waals surface area contributed by atoms with Crippen molar-refractivity contribution in [1.29, 1.82) is 0 Å². The Labute approximate surface area is 93.6 Å². The van der Waals surface area contributed by atoms with Gasteiger partial charge in [0.2, 0.25) is 0 Å². The molecule has 0 amide bonds. The fourth-order valence-corrected chi connectivity index (χ4v) is 3.51. The highest BCUT2D eigenvalue weighted by atomic mass is 15.3.